The third-order valence-electron chi connectivity index (χ3n) is 9.45. The fourth-order valence-corrected chi connectivity index (χ4v) is 8.17. The number of Topliss-reactive ketones (excluding diaryl/α,β-unsaturated/α-hetero) is 1. The average Bonchev–Trinajstić information content (AvgIpc) is 2.97. The van der Waals surface area contributed by atoms with Crippen LogP contribution in [0.4, 0.5) is 0 Å². The third kappa shape index (κ3) is 2.24. The van der Waals surface area contributed by atoms with Crippen molar-refractivity contribution in [2.24, 2.45) is 34.5 Å². The summed E-state index contributed by atoms with van der Waals surface area (Å²) in [5, 5.41) is 0. The lowest BCUT2D eigenvalue weighted by Crippen LogP contribution is -2.67. The zero-order chi connectivity index (χ0) is 22.4. The van der Waals surface area contributed by atoms with E-state index in [-0.39, 0.29) is 29.5 Å². The molecular formula is C26H36O5. The van der Waals surface area contributed by atoms with Crippen LogP contribution in [-0.2, 0) is 23.7 Å². The predicted molar refractivity (Wildman–Crippen MR) is 115 cm³/mol. The summed E-state index contributed by atoms with van der Waals surface area (Å²) in [5.74, 6) is -0.335. The second-order valence-corrected chi connectivity index (χ2v) is 12.5. The maximum Gasteiger partial charge on any atom is 0.164 e. The minimum Gasteiger partial charge on any atom is -0.346 e. The number of ketones is 1. The Morgan fingerprint density at radius 2 is 1.68 bits per heavy atom. The van der Waals surface area contributed by atoms with E-state index in [4.69, 9.17) is 18.9 Å². The van der Waals surface area contributed by atoms with E-state index in [0.717, 1.165) is 17.6 Å². The van der Waals surface area contributed by atoms with Gasteiger partial charge in [0.2, 0.25) is 0 Å². The van der Waals surface area contributed by atoms with Crippen molar-refractivity contribution in [1.82, 2.24) is 0 Å². The number of hydrogen-bond donors (Lipinski definition) is 0. The van der Waals surface area contributed by atoms with Crippen molar-refractivity contribution in [2.75, 3.05) is 6.61 Å². The van der Waals surface area contributed by atoms with Gasteiger partial charge in [-0.15, -0.1) is 0 Å². The van der Waals surface area contributed by atoms with Gasteiger partial charge in [-0.25, -0.2) is 0 Å². The van der Waals surface area contributed by atoms with Gasteiger partial charge in [0.25, 0.3) is 0 Å². The van der Waals surface area contributed by atoms with Crippen LogP contribution in [0.1, 0.15) is 61.8 Å². The van der Waals surface area contributed by atoms with Crippen molar-refractivity contribution in [3.8, 4) is 0 Å². The minimum absolute atomic E-state index is 0.134. The van der Waals surface area contributed by atoms with E-state index in [1.54, 1.807) is 0 Å². The Bertz CT molecular complexity index is 941. The second kappa shape index (κ2) is 5.55. The van der Waals surface area contributed by atoms with Crippen molar-refractivity contribution >= 4 is 5.78 Å². The fourth-order valence-electron chi connectivity index (χ4n) is 8.17. The predicted octanol–water partition coefficient (Wildman–Crippen LogP) is 4.41. The molecule has 0 N–H and O–H groups in total. The van der Waals surface area contributed by atoms with E-state index in [1.807, 2.05) is 27.7 Å². The minimum atomic E-state index is -0.903. The van der Waals surface area contributed by atoms with Gasteiger partial charge in [0.15, 0.2) is 17.4 Å². The van der Waals surface area contributed by atoms with Gasteiger partial charge >= 0.3 is 0 Å². The topological polar surface area (TPSA) is 54.0 Å². The number of carbonyl (C=O) groups is 1. The molecule has 2 saturated heterocycles. The highest BCUT2D eigenvalue weighted by Gasteiger charge is 2.80. The summed E-state index contributed by atoms with van der Waals surface area (Å²) in [7, 11) is 0. The van der Waals surface area contributed by atoms with Crippen LogP contribution in [0.15, 0.2) is 23.3 Å². The molecule has 2 bridgehead atoms. The van der Waals surface area contributed by atoms with Crippen molar-refractivity contribution in [3.05, 3.63) is 23.3 Å². The summed E-state index contributed by atoms with van der Waals surface area (Å²) in [5.41, 5.74) is 0.650. The highest BCUT2D eigenvalue weighted by Crippen LogP contribution is 2.73. The van der Waals surface area contributed by atoms with E-state index in [0.29, 0.717) is 24.2 Å². The number of fused-ring (bicyclic) bond motifs is 4. The Hall–Kier alpha value is -1.01. The molecule has 2 heterocycles. The van der Waals surface area contributed by atoms with Crippen LogP contribution in [0.3, 0.4) is 0 Å². The van der Waals surface area contributed by atoms with Crippen molar-refractivity contribution in [3.63, 3.8) is 0 Å². The molecule has 2 aliphatic heterocycles. The largest absolute Gasteiger partial charge is 0.346 e. The molecule has 4 fully saturated rings. The normalized spacial score (nSPS) is 52.6. The van der Waals surface area contributed by atoms with Gasteiger partial charge in [-0.05, 0) is 75.4 Å². The van der Waals surface area contributed by atoms with Crippen molar-refractivity contribution in [2.45, 2.75) is 91.2 Å². The molecule has 170 valence electrons. The first-order chi connectivity index (χ1) is 14.3. The summed E-state index contributed by atoms with van der Waals surface area (Å²) in [6.45, 7) is 17.3. The van der Waals surface area contributed by atoms with Crippen LogP contribution in [-0.4, -0.2) is 41.8 Å². The van der Waals surface area contributed by atoms with Gasteiger partial charge in [-0.3, -0.25) is 4.79 Å². The fraction of sp³-hybridized carbons (Fsp3) is 0.808. The van der Waals surface area contributed by atoms with E-state index < -0.39 is 22.6 Å². The SMILES string of the molecule is CC1=CC23C(=O)C(C=C4COC(C)(C)O[C@@H]4[C@]24OC(C)(C)O[C@H]14)C1C(C[C@@H]3C)C1(C)C. The molecule has 2 saturated carbocycles. The smallest absolute Gasteiger partial charge is 0.164 e. The third-order valence-corrected chi connectivity index (χ3v) is 9.45. The molecule has 5 nitrogen and oxygen atoms in total. The van der Waals surface area contributed by atoms with Gasteiger partial charge in [-0.1, -0.05) is 32.9 Å². The van der Waals surface area contributed by atoms with Gasteiger partial charge in [0, 0.05) is 5.92 Å². The molecule has 0 aromatic rings. The lowest BCUT2D eigenvalue weighted by molar-refractivity contribution is -0.304. The molecule has 2 spiro atoms. The molecule has 0 radical (unpaired) electrons. The van der Waals surface area contributed by atoms with Gasteiger partial charge < -0.3 is 18.9 Å². The number of hydrogen-bond acceptors (Lipinski definition) is 5. The molecule has 0 amide bonds. The standard InChI is InChI=1S/C26H36O5/c1-13-11-25-14(2)9-17-18(22(17,3)4)16(19(25)27)10-15-12-28-23(5,6)30-21(15)26(25)20(13)29-24(7,8)31-26/h10-11,14,16-18,20-21H,9,12H2,1-8H3/t14-,16?,17?,18?,20+,21-,25?,26-/m0/s1. The lowest BCUT2D eigenvalue weighted by Gasteiger charge is -2.53. The first-order valence-corrected chi connectivity index (χ1v) is 11.9. The monoisotopic (exact) mass is 428 g/mol. The van der Waals surface area contributed by atoms with Crippen LogP contribution < -0.4 is 0 Å². The van der Waals surface area contributed by atoms with Gasteiger partial charge in [0.05, 0.1) is 12.0 Å². The summed E-state index contributed by atoms with van der Waals surface area (Å²) >= 11 is 0. The van der Waals surface area contributed by atoms with Crippen LogP contribution in [0.5, 0.6) is 0 Å². The summed E-state index contributed by atoms with van der Waals surface area (Å²) < 4.78 is 26.2. The molecule has 4 unspecified atom stereocenters. The van der Waals surface area contributed by atoms with Gasteiger partial charge in [-0.2, -0.15) is 0 Å². The van der Waals surface area contributed by atoms with Crippen molar-refractivity contribution in [1.29, 1.82) is 0 Å². The van der Waals surface area contributed by atoms with Crippen LogP contribution in [0.2, 0.25) is 0 Å². The van der Waals surface area contributed by atoms with E-state index in [2.05, 4.69) is 39.8 Å². The first-order valence-electron chi connectivity index (χ1n) is 11.9. The molecule has 0 aromatic carbocycles. The first kappa shape index (κ1) is 20.6. The number of rotatable bonds is 0. The molecule has 8 atom stereocenters. The lowest BCUT2D eigenvalue weighted by atomic mass is 9.58. The summed E-state index contributed by atoms with van der Waals surface area (Å²) in [6, 6.07) is 0. The van der Waals surface area contributed by atoms with Gasteiger partial charge in [0.1, 0.15) is 17.8 Å². The molecule has 6 rings (SSSR count). The second-order valence-electron chi connectivity index (χ2n) is 12.5. The maximum atomic E-state index is 14.7. The Morgan fingerprint density at radius 1 is 1.00 bits per heavy atom. The van der Waals surface area contributed by atoms with E-state index >= 15 is 0 Å². The molecule has 0 aromatic heterocycles. The zero-order valence-corrected chi connectivity index (χ0v) is 20.1. The highest BCUT2D eigenvalue weighted by atomic mass is 16.8. The molecule has 6 aliphatic rings. The number of ether oxygens (including phenoxy) is 4. The molecule has 31 heavy (non-hydrogen) atoms. The zero-order valence-electron chi connectivity index (χ0n) is 20.1. The number of carbonyl (C=O) groups excluding carboxylic acids is 1. The quantitative estimate of drug-likeness (QED) is 0.535. The Morgan fingerprint density at radius 3 is 2.39 bits per heavy atom. The maximum absolute atomic E-state index is 14.7. The highest BCUT2D eigenvalue weighted by molar-refractivity contribution is 5.95. The van der Waals surface area contributed by atoms with Crippen molar-refractivity contribution < 1.29 is 23.7 Å². The van der Waals surface area contributed by atoms with Crippen LogP contribution in [0.25, 0.3) is 0 Å². The summed E-state index contributed by atoms with van der Waals surface area (Å²) in [6.07, 6.45) is 4.76. The molecule has 4 aliphatic carbocycles. The van der Waals surface area contributed by atoms with E-state index in [9.17, 15) is 4.79 Å². The van der Waals surface area contributed by atoms with Crippen LogP contribution >= 0.6 is 0 Å². The Labute approximate surface area is 185 Å². The molecular weight excluding hydrogens is 392 g/mol. The summed E-state index contributed by atoms with van der Waals surface area (Å²) in [4.78, 5) is 14.7. The molecule has 5 heteroatoms. The van der Waals surface area contributed by atoms with E-state index in [1.165, 1.54) is 0 Å². The Kier molecular flexibility index (Phi) is 3.68. The van der Waals surface area contributed by atoms with Crippen LogP contribution in [0, 0.1) is 34.5 Å². The Balaban J connectivity index is 1.64. The average molecular weight is 429 g/mol. The number of allylic oxidation sites excluding steroid dienone is 1.